The summed E-state index contributed by atoms with van der Waals surface area (Å²) in [5.74, 6) is -8.42. The number of rotatable bonds is 7. The number of hydrogen-bond donors (Lipinski definition) is 1. The molecule has 15 nitrogen and oxygen atoms in total. The summed E-state index contributed by atoms with van der Waals surface area (Å²) in [6.07, 6.45) is 1.73. The van der Waals surface area contributed by atoms with Gasteiger partial charge >= 0.3 is 11.4 Å². The average Bonchev–Trinajstić information content (AvgIpc) is 3.49. The third-order valence-corrected chi connectivity index (χ3v) is 12.3. The Morgan fingerprint density at radius 1 is 0.963 bits per heavy atom. The lowest BCUT2D eigenvalue weighted by atomic mass is 9.51. The predicted molar refractivity (Wildman–Crippen MR) is 200 cm³/mol. The van der Waals surface area contributed by atoms with Crippen LogP contribution >= 0.6 is 34.2 Å². The second-order valence-corrected chi connectivity index (χ2v) is 15.6. The Kier molecular flexibility index (Phi) is 8.94. The summed E-state index contributed by atoms with van der Waals surface area (Å²) in [5.41, 5.74) is -2.41. The Balaban J connectivity index is 1.39. The number of anilines is 3. The average molecular weight is 874 g/mol. The molecule has 54 heavy (non-hydrogen) atoms. The minimum atomic E-state index is -1.49. The van der Waals surface area contributed by atoms with E-state index in [1.807, 2.05) is 22.6 Å². The molecule has 0 unspecified atom stereocenters. The third kappa shape index (κ3) is 5.25. The van der Waals surface area contributed by atoms with Crippen LogP contribution in [0, 0.1) is 58.7 Å². The summed E-state index contributed by atoms with van der Waals surface area (Å²) in [6, 6.07) is 8.59. The summed E-state index contributed by atoms with van der Waals surface area (Å²) < 4.78 is 20.0. The van der Waals surface area contributed by atoms with Crippen LogP contribution in [0.15, 0.2) is 54.1 Å². The number of aromatic hydroxyl groups is 1. The maximum atomic E-state index is 14.7. The number of imide groups is 2. The maximum absolute atomic E-state index is 14.7. The van der Waals surface area contributed by atoms with Gasteiger partial charge in [0.25, 0.3) is 0 Å². The number of phenolic OH excluding ortho intramolecular Hbond substituents is 1. The molecule has 3 aromatic carbocycles. The molecule has 4 amide bonds. The van der Waals surface area contributed by atoms with Gasteiger partial charge in [-0.1, -0.05) is 23.3 Å². The minimum absolute atomic E-state index is 0.0144. The molecule has 0 radical (unpaired) electrons. The zero-order chi connectivity index (χ0) is 39.3. The number of carbonyl (C=O) groups excluding carboxylic acids is 4. The van der Waals surface area contributed by atoms with E-state index in [4.69, 9.17) is 16.3 Å². The minimum Gasteiger partial charge on any atom is -0.504 e. The largest absolute Gasteiger partial charge is 0.504 e. The van der Waals surface area contributed by atoms with E-state index < -0.39 is 85.7 Å². The van der Waals surface area contributed by atoms with Gasteiger partial charge in [0.2, 0.25) is 23.6 Å². The van der Waals surface area contributed by atoms with E-state index in [1.165, 1.54) is 38.2 Å². The van der Waals surface area contributed by atoms with Gasteiger partial charge in [0.15, 0.2) is 17.2 Å². The van der Waals surface area contributed by atoms with Crippen LogP contribution in [-0.2, 0) is 19.2 Å². The molecule has 0 aromatic heterocycles. The van der Waals surface area contributed by atoms with E-state index >= 15 is 0 Å². The Labute approximate surface area is 324 Å². The van der Waals surface area contributed by atoms with Gasteiger partial charge in [-0.25, -0.2) is 14.2 Å². The van der Waals surface area contributed by atoms with Crippen molar-refractivity contribution >= 4 is 86.3 Å². The quantitative estimate of drug-likeness (QED) is 0.0946. The molecule has 2 aliphatic carbocycles. The van der Waals surface area contributed by atoms with Gasteiger partial charge in [-0.2, -0.15) is 0 Å². The van der Waals surface area contributed by atoms with Gasteiger partial charge in [-0.05, 0) is 84.2 Å². The summed E-state index contributed by atoms with van der Waals surface area (Å²) in [7, 11) is 4.14. The van der Waals surface area contributed by atoms with Crippen LogP contribution in [-0.4, -0.2) is 59.8 Å². The summed E-state index contributed by atoms with van der Waals surface area (Å²) >= 11 is 7.99. The zero-order valence-electron chi connectivity index (χ0n) is 28.9. The van der Waals surface area contributed by atoms with Crippen molar-refractivity contribution in [1.29, 1.82) is 0 Å². The van der Waals surface area contributed by atoms with E-state index in [0.29, 0.717) is 14.7 Å². The van der Waals surface area contributed by atoms with Crippen molar-refractivity contribution in [3.63, 3.8) is 0 Å². The molecule has 3 aromatic rings. The first-order valence-corrected chi connectivity index (χ1v) is 18.0. The van der Waals surface area contributed by atoms with E-state index in [1.54, 1.807) is 25.1 Å². The molecule has 0 spiro atoms. The highest BCUT2D eigenvalue weighted by atomic mass is 127. The summed E-state index contributed by atoms with van der Waals surface area (Å²) in [6.45, 7) is 1.64. The fourth-order valence-electron chi connectivity index (χ4n) is 8.89. The number of methoxy groups -OCH3 is 1. The third-order valence-electron chi connectivity index (χ3n) is 11.2. The standard InChI is InChI=1S/C36H30ClFIN5O10/c1-36-21(33(47)42(35(36)49)16-5-8-23(38)22(37)11-16)14-20-18(29(36)15-9-24(39)31(45)27(10-15)54-4)6-7-19-28(20)34(48)41(32(19)46)17-12-25(43(50)51)30(40(2)3)26(13-17)44(52)53/h5-6,8-13,19-21,28-29,45H,7,14H2,1-4H3/t19-,20+,21-,28-,29-,36+/m0/s1. The fourth-order valence-corrected chi connectivity index (χ4v) is 9.69. The first-order valence-electron chi connectivity index (χ1n) is 16.6. The number of allylic oxidation sites excluding steroid dienone is 2. The van der Waals surface area contributed by atoms with Gasteiger partial charge in [0.1, 0.15) is 5.82 Å². The fraction of sp³-hybridized carbons (Fsp3) is 0.333. The van der Waals surface area contributed by atoms with E-state index in [-0.39, 0.29) is 46.4 Å². The number of phenols is 1. The van der Waals surface area contributed by atoms with Crippen LogP contribution in [0.25, 0.3) is 0 Å². The van der Waals surface area contributed by atoms with Gasteiger partial charge in [-0.3, -0.25) is 39.4 Å². The number of fused-ring (bicyclic) bond motifs is 4. The Hall–Kier alpha value is -5.17. The van der Waals surface area contributed by atoms with Gasteiger partial charge < -0.3 is 14.7 Å². The molecule has 2 aliphatic heterocycles. The molecule has 2 heterocycles. The first kappa shape index (κ1) is 37.2. The van der Waals surface area contributed by atoms with Crippen LogP contribution in [0.4, 0.5) is 32.8 Å². The van der Waals surface area contributed by atoms with Crippen LogP contribution in [0.5, 0.6) is 11.5 Å². The number of halogens is 3. The number of benzene rings is 3. The second-order valence-electron chi connectivity index (χ2n) is 14.1. The molecular formula is C36H30ClFIN5O10. The van der Waals surface area contributed by atoms with Gasteiger partial charge in [-0.15, -0.1) is 0 Å². The molecule has 280 valence electrons. The molecule has 1 N–H and O–H groups in total. The molecule has 0 bridgehead atoms. The number of carbonyl (C=O) groups is 4. The molecule has 18 heteroatoms. The van der Waals surface area contributed by atoms with Gasteiger partial charge in [0, 0.05) is 32.1 Å². The molecular weight excluding hydrogens is 844 g/mol. The van der Waals surface area contributed by atoms with Crippen molar-refractivity contribution in [2.75, 3.05) is 35.9 Å². The highest BCUT2D eigenvalue weighted by molar-refractivity contribution is 14.1. The Bertz CT molecular complexity index is 2250. The van der Waals surface area contributed by atoms with Crippen LogP contribution < -0.4 is 19.4 Å². The smallest absolute Gasteiger partial charge is 0.301 e. The van der Waals surface area contributed by atoms with Crippen LogP contribution in [0.2, 0.25) is 5.02 Å². The Morgan fingerprint density at radius 3 is 2.19 bits per heavy atom. The van der Waals surface area contributed by atoms with E-state index in [9.17, 15) is 48.9 Å². The second kappa shape index (κ2) is 13.0. The Morgan fingerprint density at radius 2 is 1.61 bits per heavy atom. The molecule has 2 saturated heterocycles. The number of hydrogen-bond acceptors (Lipinski definition) is 11. The van der Waals surface area contributed by atoms with Crippen LogP contribution in [0.1, 0.15) is 31.2 Å². The predicted octanol–water partition coefficient (Wildman–Crippen LogP) is 6.12. The monoisotopic (exact) mass is 873 g/mol. The molecule has 7 rings (SSSR count). The maximum Gasteiger partial charge on any atom is 0.301 e. The first-order chi connectivity index (χ1) is 25.4. The lowest BCUT2D eigenvalue weighted by Crippen LogP contribution is -2.49. The molecule has 6 atom stereocenters. The van der Waals surface area contributed by atoms with Crippen molar-refractivity contribution in [2.24, 2.45) is 29.1 Å². The van der Waals surface area contributed by atoms with Crippen molar-refractivity contribution in [3.8, 4) is 11.5 Å². The molecule has 4 aliphatic rings. The van der Waals surface area contributed by atoms with E-state index in [2.05, 4.69) is 0 Å². The summed E-state index contributed by atoms with van der Waals surface area (Å²) in [5, 5.41) is 34.7. The van der Waals surface area contributed by atoms with Gasteiger partial charge in [0.05, 0.1) is 60.1 Å². The topological polar surface area (TPSA) is 194 Å². The highest BCUT2D eigenvalue weighted by Crippen LogP contribution is 2.64. The normalized spacial score (nSPS) is 26.0. The SMILES string of the molecule is COc1cc([C@H]2C3=CC[C@@H]4C(=O)N(c5cc([N+](=O)[O-])c(N(C)C)c([N+](=O)[O-])c5)C(=O)[C@@H]4[C@@H]3C[C@H]3C(=O)N(c4ccc(F)c(Cl)c4)C(=O)[C@@]23C)cc(I)c1O. The highest BCUT2D eigenvalue weighted by Gasteiger charge is 2.68. The van der Waals surface area contributed by atoms with Crippen molar-refractivity contribution in [2.45, 2.75) is 25.7 Å². The molecule has 1 saturated carbocycles. The molecule has 3 fully saturated rings. The summed E-state index contributed by atoms with van der Waals surface area (Å²) in [4.78, 5) is 83.3. The van der Waals surface area contributed by atoms with E-state index in [0.717, 1.165) is 28.0 Å². The van der Waals surface area contributed by atoms with Crippen LogP contribution in [0.3, 0.4) is 0 Å². The van der Waals surface area contributed by atoms with Crippen molar-refractivity contribution < 1.29 is 43.3 Å². The number of nitro groups is 2. The van der Waals surface area contributed by atoms with Crippen molar-refractivity contribution in [3.05, 3.63) is 94.3 Å². The number of nitrogens with zero attached hydrogens (tertiary/aromatic N) is 5. The number of ether oxygens (including phenoxy) is 1. The van der Waals surface area contributed by atoms with Crippen molar-refractivity contribution in [1.82, 2.24) is 0 Å². The zero-order valence-corrected chi connectivity index (χ0v) is 31.8. The lowest BCUT2D eigenvalue weighted by molar-refractivity contribution is -0.392. The number of amides is 4. The lowest BCUT2D eigenvalue weighted by Gasteiger charge is -2.49. The number of nitro benzene ring substituents is 2.